The maximum Gasteiger partial charge on any atom is 0.0667 e. The summed E-state index contributed by atoms with van der Waals surface area (Å²) >= 11 is 0. The maximum atomic E-state index is 8.29. The molecule has 76 valence electrons. The van der Waals surface area contributed by atoms with Crippen molar-refractivity contribution >= 4 is 11.4 Å². The molecule has 1 aliphatic heterocycles. The molecule has 1 heterocycles. The average molecular weight is 206 g/mol. The summed E-state index contributed by atoms with van der Waals surface area (Å²) in [4.78, 5) is -0.306. The quantitative estimate of drug-likeness (QED) is 0.715. The second-order valence-electron chi connectivity index (χ2n) is 2.45. The zero-order valence-electron chi connectivity index (χ0n) is 23.0. The fourth-order valence-corrected chi connectivity index (χ4v) is 0.886. The lowest BCUT2D eigenvalue weighted by molar-refractivity contribution is 0.447. The molecule has 1 aromatic rings. The molecule has 14 heavy (non-hydrogen) atoms. The molecule has 1 atom stereocenters. The normalized spacial score (nSPS) is 59.6. The van der Waals surface area contributed by atoms with E-state index in [0.717, 1.165) is 0 Å². The van der Waals surface area contributed by atoms with Crippen LogP contribution in [-0.2, 0) is 0 Å². The Hall–Kier alpha value is -1.18. The SMILES string of the molecule is [2H]c1c([2H])c(N)c([2H])c(N2C([2H])([2H])C([2H])([2H])C([2H])([2H])C([2H])(C([2H])([2H])[2H])C2([2H])[2H])c1[2H]. The van der Waals surface area contributed by atoms with Crippen molar-refractivity contribution in [1.29, 1.82) is 0 Å². The van der Waals surface area contributed by atoms with Gasteiger partial charge in [0.2, 0.25) is 0 Å². The summed E-state index contributed by atoms with van der Waals surface area (Å²) in [7, 11) is 0. The van der Waals surface area contributed by atoms with Crippen LogP contribution in [0.25, 0.3) is 0 Å². The lowest BCUT2D eigenvalue weighted by Gasteiger charge is -2.32. The van der Waals surface area contributed by atoms with E-state index >= 15 is 0 Å². The molecule has 2 heteroatoms. The lowest BCUT2D eigenvalue weighted by Crippen LogP contribution is -2.34. The Kier molecular flexibility index (Phi) is 0.562. The van der Waals surface area contributed by atoms with Gasteiger partial charge in [0.15, 0.2) is 0 Å². The highest BCUT2D eigenvalue weighted by molar-refractivity contribution is 5.56. The van der Waals surface area contributed by atoms with E-state index in [1.54, 1.807) is 0 Å². The minimum Gasteiger partial charge on any atom is -0.399 e. The molecule has 0 aromatic heterocycles. The van der Waals surface area contributed by atoms with Crippen LogP contribution in [0.15, 0.2) is 24.2 Å². The van der Waals surface area contributed by atoms with E-state index < -0.39 is 74.0 Å². The molecule has 0 aliphatic carbocycles. The van der Waals surface area contributed by atoms with Crippen molar-refractivity contribution in [2.24, 2.45) is 5.89 Å². The minimum atomic E-state index is -3.95. The van der Waals surface area contributed by atoms with Gasteiger partial charge in [0.05, 0.1) is 5.48 Å². The van der Waals surface area contributed by atoms with Crippen molar-refractivity contribution in [2.75, 3.05) is 23.6 Å². The zero-order valence-corrected chi connectivity index (χ0v) is 7.02. The smallest absolute Gasteiger partial charge is 0.0667 e. The van der Waals surface area contributed by atoms with Crippen molar-refractivity contribution in [3.63, 3.8) is 0 Å². The topological polar surface area (TPSA) is 29.3 Å². The van der Waals surface area contributed by atoms with Crippen LogP contribution >= 0.6 is 0 Å². The molecule has 1 aliphatic rings. The number of benzene rings is 1. The first kappa shape index (κ1) is 2.01. The van der Waals surface area contributed by atoms with E-state index in [0.29, 0.717) is 0 Å². The highest BCUT2D eigenvalue weighted by atomic mass is 15.1. The monoisotopic (exact) mass is 206 g/mol. The van der Waals surface area contributed by atoms with Crippen LogP contribution in [0.3, 0.4) is 0 Å². The third-order valence-electron chi connectivity index (χ3n) is 1.43. The number of anilines is 2. The minimum absolute atomic E-state index is 0.306. The Balaban J connectivity index is 3.12. The first-order valence-electron chi connectivity index (χ1n) is 11.7. The molecule has 2 rings (SSSR count). The van der Waals surface area contributed by atoms with Gasteiger partial charge in [-0.25, -0.2) is 0 Å². The van der Waals surface area contributed by atoms with E-state index in [4.69, 9.17) is 27.7 Å². The van der Waals surface area contributed by atoms with E-state index in [1.807, 2.05) is 0 Å². The van der Waals surface area contributed by atoms with Crippen LogP contribution in [0.4, 0.5) is 11.4 Å². The van der Waals surface area contributed by atoms with E-state index in [1.165, 1.54) is 0 Å². The van der Waals surface area contributed by atoms with Crippen LogP contribution in [0, 0.1) is 5.89 Å². The average Bonchev–Trinajstić information content (AvgIpc) is 2.58. The highest BCUT2D eigenvalue weighted by Crippen LogP contribution is 2.23. The van der Waals surface area contributed by atoms with Crippen molar-refractivity contribution < 1.29 is 21.9 Å². The van der Waals surface area contributed by atoms with Gasteiger partial charge < -0.3 is 10.6 Å². The summed E-state index contributed by atoms with van der Waals surface area (Å²) in [5.41, 5.74) is 3.59. The summed E-state index contributed by atoms with van der Waals surface area (Å²) in [5.74, 6) is -3.95. The second-order valence-corrected chi connectivity index (χ2v) is 2.45. The van der Waals surface area contributed by atoms with Gasteiger partial charge in [-0.1, -0.05) is 12.9 Å². The zero-order chi connectivity index (χ0) is 24.0. The lowest BCUT2D eigenvalue weighted by atomic mass is 10.00. The first-order chi connectivity index (χ1) is 13.0. The van der Waals surface area contributed by atoms with Gasteiger partial charge in [0.1, 0.15) is 0 Å². The van der Waals surface area contributed by atoms with E-state index in [2.05, 4.69) is 0 Å². The largest absolute Gasteiger partial charge is 0.399 e. The predicted octanol–water partition coefficient (Wildman–Crippen LogP) is 2.51. The van der Waals surface area contributed by atoms with Gasteiger partial charge in [-0.3, -0.25) is 0 Å². The maximum absolute atomic E-state index is 8.29. The van der Waals surface area contributed by atoms with Crippen LogP contribution in [0.1, 0.15) is 41.5 Å². The van der Waals surface area contributed by atoms with Gasteiger partial charge in [0, 0.05) is 40.8 Å². The standard InChI is InChI=1S/C12H18N2/c1-10-4-3-7-14(9-10)12-6-2-5-11(13)8-12/h2,5-6,8,10H,3-4,7,9,13H2,1H3/i1D3,2D,3D2,4D2,5D,6D,7D2,8D,9D2,10D. The molecule has 2 nitrogen and oxygen atoms in total. The molecule has 1 aromatic carbocycles. The third kappa shape index (κ3) is 2.00. The van der Waals surface area contributed by atoms with Crippen molar-refractivity contribution in [1.82, 2.24) is 0 Å². The van der Waals surface area contributed by atoms with E-state index in [-0.39, 0.29) is 4.90 Å². The van der Waals surface area contributed by atoms with Crippen LogP contribution in [0.5, 0.6) is 0 Å². The van der Waals surface area contributed by atoms with Gasteiger partial charge in [0.25, 0.3) is 0 Å². The van der Waals surface area contributed by atoms with Crippen LogP contribution in [0.2, 0.25) is 0 Å². The van der Waals surface area contributed by atoms with Crippen molar-refractivity contribution in [3.8, 4) is 0 Å². The fraction of sp³-hybridized carbons (Fsp3) is 0.500. The summed E-state index contributed by atoms with van der Waals surface area (Å²) in [6.45, 7) is -11.5. The first-order valence-corrected chi connectivity index (χ1v) is 3.71. The molecule has 1 saturated heterocycles. The van der Waals surface area contributed by atoms with Crippen LogP contribution < -0.4 is 10.6 Å². The molecule has 0 spiro atoms. The number of hydrogen-bond donors (Lipinski definition) is 1. The number of nitrogens with two attached hydrogens (primary N) is 1. The Labute approximate surface area is 108 Å². The molecular formula is C12H18N2. The van der Waals surface area contributed by atoms with Gasteiger partial charge in [-0.05, 0) is 36.8 Å². The van der Waals surface area contributed by atoms with E-state index in [9.17, 15) is 0 Å². The summed E-state index contributed by atoms with van der Waals surface area (Å²) in [6.07, 6.45) is -7.78. The summed E-state index contributed by atoms with van der Waals surface area (Å²) in [6, 6.07) is -3.96. The molecule has 0 saturated carbocycles. The van der Waals surface area contributed by atoms with Gasteiger partial charge in [-0.2, -0.15) is 0 Å². The predicted molar refractivity (Wildman–Crippen MR) is 61.5 cm³/mol. The molecule has 1 fully saturated rings. The Morgan fingerprint density at radius 3 is 3.57 bits per heavy atom. The number of hydrogen-bond acceptors (Lipinski definition) is 2. The van der Waals surface area contributed by atoms with Crippen molar-refractivity contribution in [2.45, 2.75) is 19.6 Å². The molecule has 0 bridgehead atoms. The number of piperidine rings is 1. The number of rotatable bonds is 1. The Morgan fingerprint density at radius 1 is 1.79 bits per heavy atom. The number of nitrogen functional groups attached to an aromatic ring is 1. The van der Waals surface area contributed by atoms with Crippen LogP contribution in [-0.4, -0.2) is 13.0 Å². The summed E-state index contributed by atoms with van der Waals surface area (Å²) < 4.78 is 127. The van der Waals surface area contributed by atoms with Gasteiger partial charge >= 0.3 is 0 Å². The summed E-state index contributed by atoms with van der Waals surface area (Å²) in [5, 5.41) is 0. The molecule has 2 N–H and O–H groups in total. The second kappa shape index (κ2) is 3.91. The number of nitrogens with zero attached hydrogens (tertiary/aromatic N) is 1. The van der Waals surface area contributed by atoms with Gasteiger partial charge in [-0.15, -0.1) is 0 Å². The molecule has 0 amide bonds. The molecular weight excluding hydrogens is 172 g/mol. The molecule has 0 radical (unpaired) electrons. The molecule has 1 unspecified atom stereocenters. The van der Waals surface area contributed by atoms with Crippen molar-refractivity contribution in [3.05, 3.63) is 24.2 Å². The Morgan fingerprint density at radius 2 is 2.71 bits per heavy atom. The fourth-order valence-electron chi connectivity index (χ4n) is 0.886. The Bertz CT molecular complexity index is 860. The highest BCUT2D eigenvalue weighted by Gasteiger charge is 2.16. The third-order valence-corrected chi connectivity index (χ3v) is 1.43.